The van der Waals surface area contributed by atoms with Crippen LogP contribution in [0.4, 0.5) is 18.9 Å². The molecule has 28 heavy (non-hydrogen) atoms. The minimum atomic E-state index is -4.63. The van der Waals surface area contributed by atoms with E-state index in [0.29, 0.717) is 11.7 Å². The van der Waals surface area contributed by atoms with Crippen molar-refractivity contribution in [1.29, 1.82) is 0 Å². The summed E-state index contributed by atoms with van der Waals surface area (Å²) in [6.07, 6.45) is -3.03. The molecule has 0 aliphatic carbocycles. The van der Waals surface area contributed by atoms with Gasteiger partial charge in [-0.15, -0.1) is 0 Å². The molecule has 1 amide bonds. The summed E-state index contributed by atoms with van der Waals surface area (Å²) >= 11 is 9.00. The molecular weight excluding hydrogens is 461 g/mol. The fourth-order valence-electron chi connectivity index (χ4n) is 2.49. The number of carbonyl (C=O) groups is 1. The SMILES string of the molecule is O=C(CCc1ncc(-c2cccc(Br)c2)o1)Nc1ccc(Cl)cc1C(F)(F)F. The normalized spacial score (nSPS) is 11.5. The predicted octanol–water partition coefficient (Wildman–Crippen LogP) is 6.35. The smallest absolute Gasteiger partial charge is 0.418 e. The summed E-state index contributed by atoms with van der Waals surface area (Å²) in [5, 5.41) is 2.20. The molecule has 0 spiro atoms. The summed E-state index contributed by atoms with van der Waals surface area (Å²) in [4.78, 5) is 16.2. The van der Waals surface area contributed by atoms with Gasteiger partial charge in [0.1, 0.15) is 0 Å². The summed E-state index contributed by atoms with van der Waals surface area (Å²) in [5.74, 6) is 0.265. The van der Waals surface area contributed by atoms with E-state index in [1.54, 1.807) is 0 Å². The van der Waals surface area contributed by atoms with E-state index < -0.39 is 17.6 Å². The first kappa shape index (κ1) is 20.4. The van der Waals surface area contributed by atoms with Crippen molar-refractivity contribution in [1.82, 2.24) is 4.98 Å². The molecule has 0 saturated carbocycles. The third-order valence-corrected chi connectivity index (χ3v) is 4.52. The molecule has 1 aromatic heterocycles. The van der Waals surface area contributed by atoms with Gasteiger partial charge in [-0.2, -0.15) is 13.2 Å². The van der Waals surface area contributed by atoms with Crippen LogP contribution in [0.15, 0.2) is 57.6 Å². The van der Waals surface area contributed by atoms with Gasteiger partial charge in [-0.1, -0.05) is 39.7 Å². The second-order valence-corrected chi connectivity index (χ2v) is 7.22. The van der Waals surface area contributed by atoms with Crippen LogP contribution in [-0.2, 0) is 17.4 Å². The Balaban J connectivity index is 1.64. The number of alkyl halides is 3. The van der Waals surface area contributed by atoms with Crippen LogP contribution < -0.4 is 5.32 Å². The number of hydrogen-bond donors (Lipinski definition) is 1. The van der Waals surface area contributed by atoms with Crippen LogP contribution >= 0.6 is 27.5 Å². The van der Waals surface area contributed by atoms with Crippen molar-refractivity contribution in [3.05, 3.63) is 69.6 Å². The number of rotatable bonds is 5. The predicted molar refractivity (Wildman–Crippen MR) is 103 cm³/mol. The first-order chi connectivity index (χ1) is 13.2. The Morgan fingerprint density at radius 1 is 1.21 bits per heavy atom. The van der Waals surface area contributed by atoms with Crippen LogP contribution in [0.2, 0.25) is 5.02 Å². The van der Waals surface area contributed by atoms with Gasteiger partial charge < -0.3 is 9.73 Å². The van der Waals surface area contributed by atoms with Gasteiger partial charge in [0.2, 0.25) is 5.91 Å². The lowest BCUT2D eigenvalue weighted by Gasteiger charge is -2.14. The van der Waals surface area contributed by atoms with Crippen LogP contribution in [0.1, 0.15) is 17.9 Å². The van der Waals surface area contributed by atoms with Gasteiger partial charge in [0.05, 0.1) is 17.4 Å². The van der Waals surface area contributed by atoms with Gasteiger partial charge in [0.25, 0.3) is 0 Å². The standard InChI is InChI=1S/C19H13BrClF3N2O2/c20-12-3-1-2-11(8-12)16-10-25-18(28-16)7-6-17(27)26-15-5-4-13(21)9-14(15)19(22,23)24/h1-5,8-10H,6-7H2,(H,26,27). The number of aromatic nitrogens is 1. The van der Waals surface area contributed by atoms with Gasteiger partial charge in [0.15, 0.2) is 11.7 Å². The number of anilines is 1. The van der Waals surface area contributed by atoms with Crippen LogP contribution in [-0.4, -0.2) is 10.9 Å². The van der Waals surface area contributed by atoms with E-state index >= 15 is 0 Å². The zero-order valence-electron chi connectivity index (χ0n) is 14.2. The molecule has 0 saturated heterocycles. The molecule has 1 N–H and O–H groups in total. The lowest BCUT2D eigenvalue weighted by atomic mass is 10.1. The molecule has 0 atom stereocenters. The quantitative estimate of drug-likeness (QED) is 0.470. The Morgan fingerprint density at radius 3 is 2.71 bits per heavy atom. The molecule has 1 heterocycles. The maximum Gasteiger partial charge on any atom is 0.418 e. The Morgan fingerprint density at radius 2 is 2.00 bits per heavy atom. The first-order valence-electron chi connectivity index (χ1n) is 8.09. The second-order valence-electron chi connectivity index (χ2n) is 5.86. The third-order valence-electron chi connectivity index (χ3n) is 3.79. The number of amides is 1. The van der Waals surface area contributed by atoms with Gasteiger partial charge in [-0.3, -0.25) is 4.79 Å². The molecule has 146 valence electrons. The van der Waals surface area contributed by atoms with E-state index in [-0.39, 0.29) is 23.6 Å². The minimum absolute atomic E-state index is 0.0646. The minimum Gasteiger partial charge on any atom is -0.441 e. The molecule has 2 aromatic carbocycles. The number of aryl methyl sites for hydroxylation is 1. The number of carbonyl (C=O) groups excluding carboxylic acids is 1. The lowest BCUT2D eigenvalue weighted by Crippen LogP contribution is -2.17. The molecule has 0 fully saturated rings. The first-order valence-corrected chi connectivity index (χ1v) is 9.27. The fourth-order valence-corrected chi connectivity index (χ4v) is 3.07. The highest BCUT2D eigenvalue weighted by Gasteiger charge is 2.34. The summed E-state index contributed by atoms with van der Waals surface area (Å²) in [7, 11) is 0. The number of hydrogen-bond acceptors (Lipinski definition) is 3. The Labute approximate surface area is 171 Å². The molecule has 9 heteroatoms. The number of halogens is 5. The van der Waals surface area contributed by atoms with E-state index in [9.17, 15) is 18.0 Å². The molecular formula is C19H13BrClF3N2O2. The number of oxazole rings is 1. The van der Waals surface area contributed by atoms with Gasteiger partial charge in [-0.05, 0) is 30.3 Å². The topological polar surface area (TPSA) is 55.1 Å². The zero-order valence-corrected chi connectivity index (χ0v) is 16.5. The van der Waals surface area contributed by atoms with E-state index in [1.807, 2.05) is 24.3 Å². The van der Waals surface area contributed by atoms with E-state index in [4.69, 9.17) is 16.0 Å². The maximum atomic E-state index is 13.1. The summed E-state index contributed by atoms with van der Waals surface area (Å²) in [6.45, 7) is 0. The fraction of sp³-hybridized carbons (Fsp3) is 0.158. The highest BCUT2D eigenvalue weighted by atomic mass is 79.9. The number of nitrogens with one attached hydrogen (secondary N) is 1. The van der Waals surface area contributed by atoms with Crippen molar-refractivity contribution >= 4 is 39.1 Å². The lowest BCUT2D eigenvalue weighted by molar-refractivity contribution is -0.137. The van der Waals surface area contributed by atoms with Crippen LogP contribution in [0.3, 0.4) is 0 Å². The highest BCUT2D eigenvalue weighted by Crippen LogP contribution is 2.36. The summed E-state index contributed by atoms with van der Waals surface area (Å²) < 4.78 is 45.7. The van der Waals surface area contributed by atoms with Gasteiger partial charge >= 0.3 is 6.18 Å². The average molecular weight is 474 g/mol. The van der Waals surface area contributed by atoms with Crippen LogP contribution in [0, 0.1) is 0 Å². The molecule has 3 rings (SSSR count). The second kappa shape index (κ2) is 8.36. The van der Waals surface area contributed by atoms with Crippen molar-refractivity contribution in [3.63, 3.8) is 0 Å². The number of nitrogens with zero attached hydrogens (tertiary/aromatic N) is 1. The molecule has 0 aliphatic heterocycles. The molecule has 0 radical (unpaired) electrons. The molecule has 4 nitrogen and oxygen atoms in total. The van der Waals surface area contributed by atoms with Crippen LogP contribution in [0.5, 0.6) is 0 Å². The van der Waals surface area contributed by atoms with Crippen LogP contribution in [0.25, 0.3) is 11.3 Å². The van der Waals surface area contributed by atoms with Crippen molar-refractivity contribution in [2.45, 2.75) is 19.0 Å². The molecule has 0 aliphatic rings. The Hall–Kier alpha value is -2.32. The highest BCUT2D eigenvalue weighted by molar-refractivity contribution is 9.10. The molecule has 3 aromatic rings. The van der Waals surface area contributed by atoms with Gasteiger partial charge in [-0.25, -0.2) is 4.98 Å². The molecule has 0 bridgehead atoms. The summed E-state index contributed by atoms with van der Waals surface area (Å²) in [5.41, 5.74) is -0.529. The third kappa shape index (κ3) is 5.14. The van der Waals surface area contributed by atoms with Crippen molar-refractivity contribution < 1.29 is 22.4 Å². The average Bonchev–Trinajstić information content (AvgIpc) is 3.10. The van der Waals surface area contributed by atoms with E-state index in [0.717, 1.165) is 22.2 Å². The molecule has 0 unspecified atom stereocenters. The Bertz CT molecular complexity index is 1000. The largest absolute Gasteiger partial charge is 0.441 e. The monoisotopic (exact) mass is 472 g/mol. The zero-order chi connectivity index (χ0) is 20.3. The van der Waals surface area contributed by atoms with Crippen molar-refractivity contribution in [2.75, 3.05) is 5.32 Å². The Kier molecular flexibility index (Phi) is 6.10. The summed E-state index contributed by atoms with van der Waals surface area (Å²) in [6, 6.07) is 10.6. The number of benzene rings is 2. The van der Waals surface area contributed by atoms with Gasteiger partial charge in [0, 0.05) is 27.9 Å². The van der Waals surface area contributed by atoms with E-state index in [2.05, 4.69) is 26.2 Å². The van der Waals surface area contributed by atoms with Crippen molar-refractivity contribution in [3.8, 4) is 11.3 Å². The van der Waals surface area contributed by atoms with Crippen molar-refractivity contribution in [2.24, 2.45) is 0 Å². The maximum absolute atomic E-state index is 13.1. The van der Waals surface area contributed by atoms with E-state index in [1.165, 1.54) is 12.3 Å².